The standard InChI is InChI=1S/C23H15BrN4O.C23H15ClN4O.C23H15IN4O.C23H15N5O3.C23H16N4O/c3*1-3-15-8-9-19-17(10-15)21(16-6-4-5-7-18(16)24)27-14(2)23-22(26-12-28(19)23)20-11-25-13-29-20;1-3-15-8-9-18-17(10-15)21(16-6-4-5-7-19(16)28(29)30)26-14(2)23-22(25-12-27(18)23)20-11-24-13-31-20;1-3-16-9-10-19-18(11-16)21(17-7-5-4-6-8-17)26-15(2)23-22(25-13-27(19)23)20-12-24-14-28-20/h3*1,4-14H,2H3;1,4-14H,2H3;1,4-15H,2H3/t4*14-;15-/m11110/s1. The highest BCUT2D eigenvalue weighted by Gasteiger charge is 2.37. The highest BCUT2D eigenvalue weighted by molar-refractivity contribution is 14.1. The zero-order chi connectivity index (χ0) is 100. The number of nitrogens with zero attached hydrogens (tertiary/aromatic N) is 21. The molecule has 31 heteroatoms. The van der Waals surface area contributed by atoms with Crippen LogP contribution < -0.4 is 0 Å². The van der Waals surface area contributed by atoms with Crippen LogP contribution >= 0.6 is 50.1 Å². The van der Waals surface area contributed by atoms with E-state index in [4.69, 9.17) is 90.8 Å². The van der Waals surface area contributed by atoms with Crippen LogP contribution in [0.5, 0.6) is 0 Å². The Morgan fingerprint density at radius 1 is 0.329 bits per heavy atom. The average Bonchev–Trinajstić information content (AvgIpc) is 1.63. The molecule has 10 aromatic carbocycles. The number of aliphatic imine (C=N–C) groups is 5. The predicted molar refractivity (Wildman–Crippen MR) is 570 cm³/mol. The summed E-state index contributed by atoms with van der Waals surface area (Å²) in [6.07, 6.45) is 52.5. The first-order chi connectivity index (χ1) is 71.3. The van der Waals surface area contributed by atoms with E-state index in [0.717, 1.165) is 172 Å². The largest absolute Gasteiger partial charge is 0.442 e. The Hall–Kier alpha value is -18.7. The van der Waals surface area contributed by atoms with E-state index < -0.39 is 4.92 Å². The van der Waals surface area contributed by atoms with Crippen LogP contribution in [0.15, 0.2) is 364 Å². The minimum absolute atomic E-state index is 0.0225. The molecule has 5 aliphatic rings. The van der Waals surface area contributed by atoms with Crippen LogP contribution in [0.25, 0.3) is 85.7 Å². The van der Waals surface area contributed by atoms with Crippen molar-refractivity contribution >= 4 is 84.4 Å². The second-order valence-electron chi connectivity index (χ2n) is 33.8. The van der Waals surface area contributed by atoms with Crippen molar-refractivity contribution in [3.8, 4) is 147 Å². The van der Waals surface area contributed by atoms with E-state index in [0.29, 0.717) is 67.6 Å². The van der Waals surface area contributed by atoms with Crippen LogP contribution in [0.1, 0.15) is 177 Å². The lowest BCUT2D eigenvalue weighted by molar-refractivity contribution is -0.385. The molecule has 28 nitrogen and oxygen atoms in total. The molecule has 5 aliphatic heterocycles. The van der Waals surface area contributed by atoms with Gasteiger partial charge in [0.25, 0.3) is 5.69 Å². The van der Waals surface area contributed by atoms with Gasteiger partial charge < -0.3 is 22.1 Å². The van der Waals surface area contributed by atoms with Crippen LogP contribution in [0.4, 0.5) is 5.69 Å². The van der Waals surface area contributed by atoms with Crippen molar-refractivity contribution in [3.63, 3.8) is 0 Å². The van der Waals surface area contributed by atoms with Gasteiger partial charge in [-0.25, -0.2) is 49.8 Å². The minimum atomic E-state index is -0.403. The van der Waals surface area contributed by atoms with E-state index >= 15 is 0 Å². The SMILES string of the molecule is C#Cc1ccc2c(c1)C(c1ccccc1)=N[C@@H](C)c1c(-c3cnco3)ncn1-2.C#Cc1ccc2c(c1)C(c1ccccc1Br)=N[C@H](C)c1c(-c3cnco3)ncn1-2.C#Cc1ccc2c(c1)C(c1ccccc1Cl)=N[C@H](C)c1c(-c3cnco3)ncn1-2.C#Cc1ccc2c(c1)C(c1ccccc1I)=N[C@H](C)c1c(-c3cnco3)ncn1-2.C#Cc1ccc2c(c1)C(c1ccccc1[N+](=O)[O-])=N[C@H](C)c1c(-c3cnco3)ncn1-2. The molecule has 0 amide bonds. The normalized spacial score (nSPS) is 15.0. The first kappa shape index (κ1) is 93.6. The Balaban J connectivity index is 0.000000107. The van der Waals surface area contributed by atoms with Crippen molar-refractivity contribution in [1.29, 1.82) is 0 Å². The number of imidazole rings is 5. The molecule has 0 saturated carbocycles. The number of terminal acetylenes is 5. The summed E-state index contributed by atoms with van der Waals surface area (Å²) >= 11 is 12.6. The first-order valence-corrected chi connectivity index (χ1v) is 47.9. The van der Waals surface area contributed by atoms with Gasteiger partial charge in [-0.05, 0) is 172 Å². The van der Waals surface area contributed by atoms with Gasteiger partial charge in [0.2, 0.25) is 0 Å². The van der Waals surface area contributed by atoms with Crippen molar-refractivity contribution < 1.29 is 27.0 Å². The molecule has 0 radical (unpaired) electrons. The molecule has 25 rings (SSSR count). The second kappa shape index (κ2) is 40.2. The molecule has 0 unspecified atom stereocenters. The Labute approximate surface area is 862 Å². The van der Waals surface area contributed by atoms with Crippen molar-refractivity contribution in [3.05, 3.63) is 448 Å². The number of rotatable bonds is 11. The number of benzene rings is 10. The maximum absolute atomic E-state index is 11.7. The second-order valence-corrected chi connectivity index (χ2v) is 36.2. The third-order valence-corrected chi connectivity index (χ3v) is 27.1. The quantitative estimate of drug-likeness (QED) is 0.0502. The van der Waals surface area contributed by atoms with Gasteiger partial charge in [0, 0.05) is 97.0 Å². The number of oxazole rings is 5. The zero-order valence-corrected chi connectivity index (χ0v) is 82.6. The maximum Gasteiger partial charge on any atom is 0.278 e. The van der Waals surface area contributed by atoms with Crippen LogP contribution in [0.3, 0.4) is 0 Å². The van der Waals surface area contributed by atoms with E-state index in [1.807, 2.05) is 199 Å². The molecule has 20 aromatic rings. The molecule has 704 valence electrons. The number of para-hydroxylation sites is 1. The van der Waals surface area contributed by atoms with Crippen LogP contribution in [-0.2, 0) is 0 Å². The van der Waals surface area contributed by atoms with Gasteiger partial charge in [-0.15, -0.1) is 32.1 Å². The zero-order valence-electron chi connectivity index (χ0n) is 78.1. The van der Waals surface area contributed by atoms with E-state index in [-0.39, 0.29) is 35.9 Å². The summed E-state index contributed by atoms with van der Waals surface area (Å²) in [5, 5.41) is 12.4. The number of hydrogen-bond acceptors (Lipinski definition) is 22. The topological polar surface area (TPSA) is 324 Å². The monoisotopic (exact) mass is 2100 g/mol. The van der Waals surface area contributed by atoms with Gasteiger partial charge in [-0.1, -0.05) is 154 Å². The molecule has 10 aromatic heterocycles. The third kappa shape index (κ3) is 17.5. The fourth-order valence-electron chi connectivity index (χ4n) is 18.6. The Morgan fingerprint density at radius 3 is 0.904 bits per heavy atom. The lowest BCUT2D eigenvalue weighted by Gasteiger charge is -2.13. The summed E-state index contributed by atoms with van der Waals surface area (Å²) in [4.78, 5) is 79.6. The van der Waals surface area contributed by atoms with Crippen molar-refractivity contribution in [2.24, 2.45) is 25.0 Å². The molecule has 0 fully saturated rings. The fourth-order valence-corrected chi connectivity index (χ4v) is 19.9. The lowest BCUT2D eigenvalue weighted by Crippen LogP contribution is -2.10. The van der Waals surface area contributed by atoms with Gasteiger partial charge in [0.15, 0.2) is 60.8 Å². The number of nitro groups is 1. The van der Waals surface area contributed by atoms with Gasteiger partial charge >= 0.3 is 0 Å². The maximum atomic E-state index is 11.7. The summed E-state index contributed by atoms with van der Waals surface area (Å²) < 4.78 is 39.8. The Morgan fingerprint density at radius 2 is 0.596 bits per heavy atom. The molecular weight excluding hydrogens is 2030 g/mol. The minimum Gasteiger partial charge on any atom is -0.442 e. The smallest absolute Gasteiger partial charge is 0.278 e. The number of fused-ring (bicyclic) bond motifs is 15. The highest BCUT2D eigenvalue weighted by atomic mass is 127. The predicted octanol–water partition coefficient (Wildman–Crippen LogP) is 24.0. The first-order valence-electron chi connectivity index (χ1n) is 45.7. The molecule has 146 heavy (non-hydrogen) atoms. The summed E-state index contributed by atoms with van der Waals surface area (Å²) in [7, 11) is 0. The number of nitro benzene ring substituents is 1. The van der Waals surface area contributed by atoms with Crippen molar-refractivity contribution in [1.82, 2.24) is 72.7 Å². The van der Waals surface area contributed by atoms with E-state index in [1.165, 1.54) is 38.0 Å². The molecule has 0 saturated heterocycles. The summed E-state index contributed by atoms with van der Waals surface area (Å²) in [6.45, 7) is 10.1. The summed E-state index contributed by atoms with van der Waals surface area (Å²) in [5.41, 5.74) is 29.5. The summed E-state index contributed by atoms with van der Waals surface area (Å²) in [6, 6.07) is 69.0. The van der Waals surface area contributed by atoms with E-state index in [9.17, 15) is 10.1 Å². The van der Waals surface area contributed by atoms with Gasteiger partial charge in [0.1, 0.15) is 60.1 Å². The molecule has 5 atom stereocenters. The lowest BCUT2D eigenvalue weighted by atomic mass is 9.97. The number of aromatic nitrogens is 15. The number of halogens is 3. The number of hydrogen-bond donors (Lipinski definition) is 0. The molecule has 0 aliphatic carbocycles. The van der Waals surface area contributed by atoms with E-state index in [2.05, 4.69) is 183 Å². The van der Waals surface area contributed by atoms with E-state index in [1.54, 1.807) is 68.2 Å². The van der Waals surface area contributed by atoms with Gasteiger partial charge in [0.05, 0.1) is 157 Å². The van der Waals surface area contributed by atoms with Crippen LogP contribution in [0, 0.1) is 75.4 Å². The van der Waals surface area contributed by atoms with Crippen molar-refractivity contribution in [2.75, 3.05) is 0 Å². The Kier molecular flexibility index (Phi) is 25.8. The Bertz CT molecular complexity index is 8410. The highest BCUT2D eigenvalue weighted by Crippen LogP contribution is 2.45. The molecule has 0 spiro atoms. The average molecular weight is 2110 g/mol. The van der Waals surface area contributed by atoms with Gasteiger partial charge in [-0.2, -0.15) is 0 Å². The fraction of sp³-hybridized carbons (Fsp3) is 0.0870. The molecular formula is C115H76BrClIN21O7. The summed E-state index contributed by atoms with van der Waals surface area (Å²) in [5.74, 6) is 16.5. The third-order valence-electron chi connectivity index (χ3n) is 25.1. The molecule has 0 N–H and O–H groups in total. The molecule has 0 bridgehead atoms. The van der Waals surface area contributed by atoms with Crippen molar-refractivity contribution in [2.45, 2.75) is 64.8 Å². The molecule has 15 heterocycles. The van der Waals surface area contributed by atoms with Crippen LogP contribution in [0.2, 0.25) is 5.02 Å². The van der Waals surface area contributed by atoms with Crippen LogP contribution in [-0.4, -0.2) is 106 Å². The van der Waals surface area contributed by atoms with Gasteiger partial charge in [-0.3, -0.25) is 57.9 Å².